The van der Waals surface area contributed by atoms with Crippen LogP contribution < -0.4 is 5.32 Å². The van der Waals surface area contributed by atoms with E-state index < -0.39 is 23.6 Å². The van der Waals surface area contributed by atoms with Crippen molar-refractivity contribution in [3.63, 3.8) is 0 Å². The van der Waals surface area contributed by atoms with Crippen LogP contribution in [0.3, 0.4) is 0 Å². The van der Waals surface area contributed by atoms with Crippen molar-refractivity contribution in [3.05, 3.63) is 70.4 Å². The highest BCUT2D eigenvalue weighted by molar-refractivity contribution is 6.36. The molecule has 0 saturated carbocycles. The number of carbonyl (C=O) groups is 2. The smallest absolute Gasteiger partial charge is 0.379 e. The number of anilines is 1. The molecule has 0 aromatic heterocycles. The molecule has 0 spiro atoms. The number of imide groups is 1. The fourth-order valence-electron chi connectivity index (χ4n) is 3.24. The lowest BCUT2D eigenvalue weighted by Gasteiger charge is -2.16. The van der Waals surface area contributed by atoms with E-state index in [1.807, 2.05) is 13.8 Å². The van der Waals surface area contributed by atoms with E-state index in [0.717, 1.165) is 17.0 Å². The maximum atomic E-state index is 13.1. The van der Waals surface area contributed by atoms with Gasteiger partial charge in [-0.3, -0.25) is 14.5 Å². The summed E-state index contributed by atoms with van der Waals surface area (Å²) in [4.78, 5) is 27.3. The zero-order valence-corrected chi connectivity index (χ0v) is 18.3. The van der Waals surface area contributed by atoms with Crippen LogP contribution in [0.5, 0.6) is 0 Å². The first kappa shape index (κ1) is 23.8. The Morgan fingerprint density at radius 1 is 1.06 bits per heavy atom. The van der Waals surface area contributed by atoms with Gasteiger partial charge in [0.05, 0.1) is 17.2 Å². The molecule has 0 unspecified atom stereocenters. The number of hydrogen-bond donors (Lipinski definition) is 1. The van der Waals surface area contributed by atoms with E-state index >= 15 is 0 Å². The molecule has 1 aliphatic heterocycles. The van der Waals surface area contributed by atoms with Crippen molar-refractivity contribution in [2.75, 3.05) is 18.5 Å². The van der Waals surface area contributed by atoms with Crippen LogP contribution in [0.25, 0.3) is 5.57 Å². The van der Waals surface area contributed by atoms with Crippen molar-refractivity contribution in [2.24, 2.45) is 0 Å². The summed E-state index contributed by atoms with van der Waals surface area (Å²) >= 11 is 5.93. The van der Waals surface area contributed by atoms with Crippen LogP contribution >= 0.6 is 11.6 Å². The zero-order chi connectivity index (χ0) is 23.5. The molecule has 1 N–H and O–H groups in total. The van der Waals surface area contributed by atoms with Gasteiger partial charge in [-0.1, -0.05) is 29.8 Å². The van der Waals surface area contributed by atoms with E-state index in [9.17, 15) is 22.8 Å². The molecular weight excluding hydrogens is 445 g/mol. The number of nitrogens with one attached hydrogen (secondary N) is 1. The zero-order valence-electron chi connectivity index (χ0n) is 17.5. The Morgan fingerprint density at radius 2 is 1.75 bits per heavy atom. The van der Waals surface area contributed by atoms with Gasteiger partial charge in [-0.25, -0.2) is 0 Å². The van der Waals surface area contributed by atoms with E-state index in [2.05, 4.69) is 5.32 Å². The van der Waals surface area contributed by atoms with E-state index in [1.165, 1.54) is 12.1 Å². The van der Waals surface area contributed by atoms with Gasteiger partial charge < -0.3 is 10.1 Å². The number of rotatable bonds is 8. The Kier molecular flexibility index (Phi) is 7.26. The molecule has 0 fully saturated rings. The Morgan fingerprint density at radius 3 is 2.38 bits per heavy atom. The predicted octanol–water partition coefficient (Wildman–Crippen LogP) is 5.37. The molecule has 0 atom stereocenters. The molecule has 32 heavy (non-hydrogen) atoms. The quantitative estimate of drug-likeness (QED) is 0.420. The van der Waals surface area contributed by atoms with E-state index in [4.69, 9.17) is 16.3 Å². The first-order chi connectivity index (χ1) is 15.1. The average molecular weight is 467 g/mol. The molecule has 5 nitrogen and oxygen atoms in total. The van der Waals surface area contributed by atoms with Gasteiger partial charge in [0.2, 0.25) is 0 Å². The summed E-state index contributed by atoms with van der Waals surface area (Å²) in [5, 5.41) is 3.18. The van der Waals surface area contributed by atoms with Crippen LogP contribution in [0.2, 0.25) is 5.02 Å². The Labute approximate surface area is 188 Å². The maximum Gasteiger partial charge on any atom is 0.416 e. The van der Waals surface area contributed by atoms with Crippen LogP contribution in [-0.2, 0) is 20.5 Å². The summed E-state index contributed by atoms with van der Waals surface area (Å²) in [6, 6.07) is 10.8. The highest BCUT2D eigenvalue weighted by Crippen LogP contribution is 2.34. The summed E-state index contributed by atoms with van der Waals surface area (Å²) in [6.07, 6.45) is -4.09. The Hall–Kier alpha value is -2.84. The molecule has 0 bridgehead atoms. The number of ether oxygens (including phenoxy) is 1. The van der Waals surface area contributed by atoms with Crippen molar-refractivity contribution in [1.29, 1.82) is 0 Å². The number of benzene rings is 2. The lowest BCUT2D eigenvalue weighted by molar-refractivity contribution is -0.138. The molecule has 2 aromatic carbocycles. The average Bonchev–Trinajstić information content (AvgIpc) is 2.95. The van der Waals surface area contributed by atoms with Gasteiger partial charge in [-0.15, -0.1) is 0 Å². The van der Waals surface area contributed by atoms with Crippen molar-refractivity contribution < 1.29 is 27.5 Å². The van der Waals surface area contributed by atoms with E-state index in [0.29, 0.717) is 23.6 Å². The Bertz CT molecular complexity index is 1030. The van der Waals surface area contributed by atoms with E-state index in [-0.39, 0.29) is 29.6 Å². The molecule has 1 heterocycles. The molecule has 170 valence electrons. The van der Waals surface area contributed by atoms with Crippen LogP contribution in [0.1, 0.15) is 31.4 Å². The van der Waals surface area contributed by atoms with Gasteiger partial charge in [-0.2, -0.15) is 13.2 Å². The summed E-state index contributed by atoms with van der Waals surface area (Å²) < 4.78 is 44.8. The second-order valence-corrected chi connectivity index (χ2v) is 7.93. The van der Waals surface area contributed by atoms with Crippen LogP contribution in [0.4, 0.5) is 18.9 Å². The molecule has 0 saturated heterocycles. The lowest BCUT2D eigenvalue weighted by atomic mass is 10.0. The monoisotopic (exact) mass is 466 g/mol. The van der Waals surface area contributed by atoms with Gasteiger partial charge in [-0.05, 0) is 56.2 Å². The molecule has 2 amide bonds. The van der Waals surface area contributed by atoms with Crippen molar-refractivity contribution >= 4 is 34.7 Å². The molecule has 9 heteroatoms. The minimum atomic E-state index is -4.54. The van der Waals surface area contributed by atoms with Gasteiger partial charge in [0.15, 0.2) is 0 Å². The topological polar surface area (TPSA) is 58.6 Å². The number of halogens is 4. The first-order valence-corrected chi connectivity index (χ1v) is 10.4. The largest absolute Gasteiger partial charge is 0.416 e. The highest BCUT2D eigenvalue weighted by Gasteiger charge is 2.39. The van der Waals surface area contributed by atoms with Gasteiger partial charge in [0.25, 0.3) is 11.8 Å². The fraction of sp³-hybridized carbons (Fsp3) is 0.304. The number of hydrogen-bond acceptors (Lipinski definition) is 4. The van der Waals surface area contributed by atoms with Gasteiger partial charge in [0.1, 0.15) is 5.70 Å². The molecule has 0 aliphatic carbocycles. The molecule has 0 radical (unpaired) electrons. The third kappa shape index (κ3) is 5.49. The Balaban J connectivity index is 1.93. The fourth-order valence-corrected chi connectivity index (χ4v) is 3.36. The third-order valence-corrected chi connectivity index (χ3v) is 4.99. The van der Waals surface area contributed by atoms with Gasteiger partial charge in [0, 0.05) is 23.9 Å². The minimum Gasteiger partial charge on any atom is -0.379 e. The van der Waals surface area contributed by atoms with Crippen molar-refractivity contribution in [1.82, 2.24) is 4.90 Å². The summed E-state index contributed by atoms with van der Waals surface area (Å²) in [6.45, 7) is 4.24. The SMILES string of the molecule is CC(C)OCCCN1C(=O)C(Nc2cccc(C(F)(F)F)c2)=C(c2ccc(Cl)cc2)C1=O. The van der Waals surface area contributed by atoms with E-state index in [1.54, 1.807) is 24.3 Å². The second kappa shape index (κ2) is 9.75. The molecular formula is C23H22ClF3N2O3. The molecule has 2 aromatic rings. The second-order valence-electron chi connectivity index (χ2n) is 7.50. The lowest BCUT2D eigenvalue weighted by Crippen LogP contribution is -2.34. The standard InChI is InChI=1S/C23H22ClF3N2O3/c1-14(2)32-12-4-11-29-21(30)19(15-7-9-17(24)10-8-15)20(22(29)31)28-18-6-3-5-16(13-18)23(25,26)27/h3,5-10,13-14,28H,4,11-12H2,1-2H3. The third-order valence-electron chi connectivity index (χ3n) is 4.74. The normalized spacial score (nSPS) is 14.7. The van der Waals surface area contributed by atoms with Crippen LogP contribution in [-0.4, -0.2) is 36.0 Å². The van der Waals surface area contributed by atoms with Crippen molar-refractivity contribution in [3.8, 4) is 0 Å². The minimum absolute atomic E-state index is 0.0147. The number of carbonyl (C=O) groups excluding carboxylic acids is 2. The predicted molar refractivity (Wildman–Crippen MR) is 116 cm³/mol. The maximum absolute atomic E-state index is 13.1. The summed E-state index contributed by atoms with van der Waals surface area (Å²) in [5.74, 6) is -1.14. The van der Waals surface area contributed by atoms with Gasteiger partial charge >= 0.3 is 6.18 Å². The highest BCUT2D eigenvalue weighted by atomic mass is 35.5. The number of amides is 2. The molecule has 3 rings (SSSR count). The number of alkyl halides is 3. The number of nitrogens with zero attached hydrogens (tertiary/aromatic N) is 1. The molecule has 1 aliphatic rings. The van der Waals surface area contributed by atoms with Crippen LogP contribution in [0.15, 0.2) is 54.2 Å². The summed E-state index contributed by atoms with van der Waals surface area (Å²) in [5.41, 5.74) is -0.388. The van der Waals surface area contributed by atoms with Crippen molar-refractivity contribution in [2.45, 2.75) is 32.5 Å². The first-order valence-electron chi connectivity index (χ1n) is 10.00. The summed E-state index contributed by atoms with van der Waals surface area (Å²) in [7, 11) is 0. The van der Waals surface area contributed by atoms with Crippen LogP contribution in [0, 0.1) is 0 Å².